The Morgan fingerprint density at radius 2 is 1.85 bits per heavy atom. The molecule has 4 rings (SSSR count). The number of nitrogens with zero attached hydrogens (tertiary/aromatic N) is 3. The molecule has 2 aromatic carbocycles. The minimum atomic E-state index is -4.88. The summed E-state index contributed by atoms with van der Waals surface area (Å²) < 4.78 is 43.3. The normalized spacial score (nSPS) is 11.4. The van der Waals surface area contributed by atoms with Gasteiger partial charge in [0.2, 0.25) is 0 Å². The van der Waals surface area contributed by atoms with Crippen LogP contribution in [0.25, 0.3) is 16.6 Å². The molecule has 4 N–H and O–H groups in total. The van der Waals surface area contributed by atoms with Crippen LogP contribution in [0, 0.1) is 0 Å². The number of amides is 2. The number of aryl methyl sites for hydroxylation is 1. The highest BCUT2D eigenvalue weighted by molar-refractivity contribution is 6.01. The van der Waals surface area contributed by atoms with Crippen LogP contribution < -0.4 is 21.1 Å². The zero-order valence-corrected chi connectivity index (χ0v) is 17.3. The lowest BCUT2D eigenvalue weighted by Gasteiger charge is -2.14. The summed E-state index contributed by atoms with van der Waals surface area (Å²) in [5.74, 6) is -0.163. The lowest BCUT2D eigenvalue weighted by atomic mass is 10.0. The van der Waals surface area contributed by atoms with Crippen LogP contribution in [0.4, 0.5) is 35.2 Å². The molecule has 33 heavy (non-hydrogen) atoms. The van der Waals surface area contributed by atoms with E-state index in [-0.39, 0.29) is 5.69 Å². The molecular formula is C22H19F3N6O2. The first-order valence-corrected chi connectivity index (χ1v) is 9.89. The van der Waals surface area contributed by atoms with Crippen molar-refractivity contribution < 1.29 is 22.7 Å². The molecule has 8 nitrogen and oxygen atoms in total. The van der Waals surface area contributed by atoms with Crippen LogP contribution in [0.2, 0.25) is 0 Å². The number of halogens is 3. The molecule has 2 heterocycles. The topological polar surface area (TPSA) is 107 Å². The lowest BCUT2D eigenvalue weighted by molar-refractivity contribution is -0.274. The molecule has 0 unspecified atom stereocenters. The van der Waals surface area contributed by atoms with Crippen LogP contribution in [0.1, 0.15) is 12.5 Å². The number of fused-ring (bicyclic) bond motifs is 1. The Bertz CT molecular complexity index is 1300. The third-order valence-corrected chi connectivity index (χ3v) is 4.85. The summed E-state index contributed by atoms with van der Waals surface area (Å²) >= 11 is 0. The predicted octanol–water partition coefficient (Wildman–Crippen LogP) is 5.08. The van der Waals surface area contributed by atoms with E-state index in [1.807, 2.05) is 13.1 Å². The summed E-state index contributed by atoms with van der Waals surface area (Å²) in [5, 5.41) is 9.15. The van der Waals surface area contributed by atoms with Gasteiger partial charge in [-0.05, 0) is 41.8 Å². The maximum Gasteiger partial charge on any atom is 0.573 e. The molecule has 0 aliphatic heterocycles. The molecule has 0 saturated carbocycles. The van der Waals surface area contributed by atoms with Crippen molar-refractivity contribution in [2.45, 2.75) is 19.7 Å². The van der Waals surface area contributed by atoms with E-state index in [4.69, 9.17) is 5.73 Å². The molecule has 0 bridgehead atoms. The molecular weight excluding hydrogens is 437 g/mol. The number of anilines is 3. The Morgan fingerprint density at radius 1 is 1.12 bits per heavy atom. The fourth-order valence-corrected chi connectivity index (χ4v) is 3.46. The van der Waals surface area contributed by atoms with E-state index in [2.05, 4.69) is 25.5 Å². The van der Waals surface area contributed by atoms with E-state index in [0.717, 1.165) is 29.2 Å². The van der Waals surface area contributed by atoms with Crippen molar-refractivity contribution in [2.24, 2.45) is 0 Å². The lowest BCUT2D eigenvalue weighted by Crippen LogP contribution is -2.22. The van der Waals surface area contributed by atoms with Crippen molar-refractivity contribution in [1.29, 1.82) is 0 Å². The molecule has 0 aliphatic rings. The SMILES string of the molecule is CCc1cn2ncnc(N)c2c1-c1ccc(NC(=O)Nc2ccccc2OC(F)(F)F)cc1. The average molecular weight is 456 g/mol. The number of hydrogen-bond donors (Lipinski definition) is 3. The van der Waals surface area contributed by atoms with Crippen LogP contribution in [0.5, 0.6) is 5.75 Å². The van der Waals surface area contributed by atoms with Gasteiger partial charge in [-0.1, -0.05) is 31.2 Å². The molecule has 0 radical (unpaired) electrons. The number of alkyl halides is 3. The van der Waals surface area contributed by atoms with Gasteiger partial charge in [-0.25, -0.2) is 14.3 Å². The Morgan fingerprint density at radius 3 is 2.55 bits per heavy atom. The van der Waals surface area contributed by atoms with Gasteiger partial charge >= 0.3 is 12.4 Å². The molecule has 4 aromatic rings. The fraction of sp³-hybridized carbons (Fsp3) is 0.136. The molecule has 0 spiro atoms. The van der Waals surface area contributed by atoms with Crippen molar-refractivity contribution in [2.75, 3.05) is 16.4 Å². The number of urea groups is 1. The minimum Gasteiger partial charge on any atom is -0.404 e. The number of ether oxygens (including phenoxy) is 1. The largest absolute Gasteiger partial charge is 0.573 e. The summed E-state index contributed by atoms with van der Waals surface area (Å²) in [4.78, 5) is 16.4. The van der Waals surface area contributed by atoms with Crippen LogP contribution in [0.3, 0.4) is 0 Å². The maximum absolute atomic E-state index is 12.6. The van der Waals surface area contributed by atoms with E-state index in [0.29, 0.717) is 17.0 Å². The van der Waals surface area contributed by atoms with Gasteiger partial charge in [0.1, 0.15) is 11.8 Å². The van der Waals surface area contributed by atoms with Crippen molar-refractivity contribution in [1.82, 2.24) is 14.6 Å². The number of carbonyl (C=O) groups excluding carboxylic acids is 1. The van der Waals surface area contributed by atoms with Crippen LogP contribution >= 0.6 is 0 Å². The molecule has 0 atom stereocenters. The quantitative estimate of drug-likeness (QED) is 0.388. The highest BCUT2D eigenvalue weighted by atomic mass is 19.4. The number of nitrogens with two attached hydrogens (primary N) is 1. The maximum atomic E-state index is 12.6. The monoisotopic (exact) mass is 456 g/mol. The Hall–Kier alpha value is -4.28. The summed E-state index contributed by atoms with van der Waals surface area (Å²) in [7, 11) is 0. The Labute approximate surface area is 186 Å². The van der Waals surface area contributed by atoms with Gasteiger partial charge in [0.15, 0.2) is 11.6 Å². The van der Waals surface area contributed by atoms with E-state index >= 15 is 0 Å². The van der Waals surface area contributed by atoms with E-state index in [9.17, 15) is 18.0 Å². The second-order valence-electron chi connectivity index (χ2n) is 7.02. The number of carbonyl (C=O) groups is 1. The molecule has 2 aromatic heterocycles. The predicted molar refractivity (Wildman–Crippen MR) is 118 cm³/mol. The Balaban J connectivity index is 1.53. The molecule has 0 fully saturated rings. The number of benzene rings is 2. The molecule has 11 heteroatoms. The standard InChI is InChI=1S/C22H19F3N6O2/c1-2-13-11-31-19(20(26)27-12-28-31)18(13)14-7-9-15(10-8-14)29-21(32)30-16-5-3-4-6-17(16)33-22(23,24)25/h3-12H,2H2,1H3,(H2,26,27,28)(H2,29,30,32). The van der Waals surface area contributed by atoms with Crippen LogP contribution in [-0.4, -0.2) is 27.0 Å². The second kappa shape index (κ2) is 8.69. The zero-order valence-electron chi connectivity index (χ0n) is 17.3. The summed E-state index contributed by atoms with van der Waals surface area (Å²) in [6, 6.07) is 11.5. The second-order valence-corrected chi connectivity index (χ2v) is 7.02. The zero-order chi connectivity index (χ0) is 23.6. The van der Waals surface area contributed by atoms with Crippen molar-refractivity contribution in [3.05, 3.63) is 66.6 Å². The van der Waals surface area contributed by atoms with Crippen LogP contribution in [0.15, 0.2) is 61.1 Å². The van der Waals surface area contributed by atoms with E-state index in [1.165, 1.54) is 24.5 Å². The van der Waals surface area contributed by atoms with Gasteiger partial charge < -0.3 is 21.1 Å². The number of rotatable bonds is 5. The van der Waals surface area contributed by atoms with Crippen molar-refractivity contribution >= 4 is 28.7 Å². The molecule has 0 aliphatic carbocycles. The number of nitrogen functional groups attached to an aromatic ring is 1. The van der Waals surface area contributed by atoms with E-state index < -0.39 is 18.1 Å². The highest BCUT2D eigenvalue weighted by Gasteiger charge is 2.32. The fourth-order valence-electron chi connectivity index (χ4n) is 3.46. The van der Waals surface area contributed by atoms with Gasteiger partial charge in [0, 0.05) is 17.4 Å². The summed E-state index contributed by atoms with van der Waals surface area (Å²) in [5.41, 5.74) is 9.85. The van der Waals surface area contributed by atoms with Gasteiger partial charge in [-0.2, -0.15) is 5.10 Å². The van der Waals surface area contributed by atoms with Crippen molar-refractivity contribution in [3.63, 3.8) is 0 Å². The molecule has 2 amide bonds. The average Bonchev–Trinajstić information content (AvgIpc) is 3.15. The van der Waals surface area contributed by atoms with Gasteiger partial charge in [0.25, 0.3) is 0 Å². The minimum absolute atomic E-state index is 0.118. The summed E-state index contributed by atoms with van der Waals surface area (Å²) in [6.07, 6.45) is -0.850. The number of nitrogens with one attached hydrogen (secondary N) is 2. The highest BCUT2D eigenvalue weighted by Crippen LogP contribution is 2.33. The third-order valence-electron chi connectivity index (χ3n) is 4.85. The van der Waals surface area contributed by atoms with Gasteiger partial charge in [-0.15, -0.1) is 13.2 Å². The third kappa shape index (κ3) is 4.81. The molecule has 170 valence electrons. The van der Waals surface area contributed by atoms with E-state index in [1.54, 1.807) is 28.8 Å². The first kappa shape index (κ1) is 21.9. The smallest absolute Gasteiger partial charge is 0.404 e. The number of hydrogen-bond acceptors (Lipinski definition) is 5. The summed E-state index contributed by atoms with van der Waals surface area (Å²) in [6.45, 7) is 2.02. The van der Waals surface area contributed by atoms with Gasteiger partial charge in [0.05, 0.1) is 5.69 Å². The number of para-hydroxylation sites is 2. The van der Waals surface area contributed by atoms with Gasteiger partial charge in [-0.3, -0.25) is 0 Å². The van der Waals surface area contributed by atoms with Crippen molar-refractivity contribution in [3.8, 4) is 16.9 Å². The first-order valence-electron chi connectivity index (χ1n) is 9.89. The Kier molecular flexibility index (Phi) is 5.78. The van der Waals surface area contributed by atoms with Crippen LogP contribution in [-0.2, 0) is 6.42 Å². The first-order chi connectivity index (χ1) is 15.7. The number of aromatic nitrogens is 3. The molecule has 0 saturated heterocycles.